The highest BCUT2D eigenvalue weighted by molar-refractivity contribution is 5.84. The minimum absolute atomic E-state index is 0.242. The van der Waals surface area contributed by atoms with Crippen molar-refractivity contribution in [2.45, 2.75) is 25.3 Å². The minimum atomic E-state index is -1.06. The molecule has 0 saturated carbocycles. The fourth-order valence-corrected chi connectivity index (χ4v) is 2.30. The van der Waals surface area contributed by atoms with E-state index >= 15 is 0 Å². The molecule has 1 atom stereocenters. The molecule has 1 aromatic carbocycles. The second-order valence-corrected chi connectivity index (χ2v) is 4.80. The molecule has 1 N–H and O–H groups in total. The van der Waals surface area contributed by atoms with Gasteiger partial charge in [0.1, 0.15) is 11.9 Å². The smallest absolute Gasteiger partial charge is 0.326 e. The molecular formula is C14H15F2NO4. The van der Waals surface area contributed by atoms with E-state index in [-0.39, 0.29) is 5.75 Å². The quantitative estimate of drug-likeness (QED) is 0.920. The van der Waals surface area contributed by atoms with Crippen LogP contribution >= 0.6 is 0 Å². The van der Waals surface area contributed by atoms with E-state index in [1.54, 1.807) is 0 Å². The van der Waals surface area contributed by atoms with Gasteiger partial charge in [-0.15, -0.1) is 0 Å². The maximum Gasteiger partial charge on any atom is 0.326 e. The van der Waals surface area contributed by atoms with Crippen LogP contribution in [0.25, 0.3) is 0 Å². The van der Waals surface area contributed by atoms with Crippen molar-refractivity contribution in [2.75, 3.05) is 13.2 Å². The average molecular weight is 299 g/mol. The minimum Gasteiger partial charge on any atom is -0.481 e. The number of hydrogen-bond donors (Lipinski definition) is 1. The number of hydrogen-bond acceptors (Lipinski definition) is 3. The molecule has 5 nitrogen and oxygen atoms in total. The summed E-state index contributed by atoms with van der Waals surface area (Å²) >= 11 is 0. The number of amides is 1. The lowest BCUT2D eigenvalue weighted by Crippen LogP contribution is -2.49. The van der Waals surface area contributed by atoms with E-state index in [1.807, 2.05) is 0 Å². The van der Waals surface area contributed by atoms with Crippen LogP contribution in [0.3, 0.4) is 0 Å². The van der Waals surface area contributed by atoms with Crippen LogP contribution in [0.1, 0.15) is 19.3 Å². The number of likely N-dealkylation sites (tertiary alicyclic amines) is 1. The highest BCUT2D eigenvalue weighted by Gasteiger charge is 2.32. The number of carbonyl (C=O) groups is 2. The summed E-state index contributed by atoms with van der Waals surface area (Å²) in [5, 5.41) is 9.08. The van der Waals surface area contributed by atoms with Crippen LogP contribution in [-0.2, 0) is 9.59 Å². The number of ether oxygens (including phenoxy) is 1. The SMILES string of the molecule is O=C(O)[C@H]1CCCCN1C(=O)COc1ccc(F)cc1F. The Morgan fingerprint density at radius 3 is 2.76 bits per heavy atom. The summed E-state index contributed by atoms with van der Waals surface area (Å²) in [4.78, 5) is 24.3. The molecule has 0 bridgehead atoms. The number of halogens is 2. The first kappa shape index (κ1) is 15.2. The second kappa shape index (κ2) is 6.51. The lowest BCUT2D eigenvalue weighted by molar-refractivity contribution is -0.152. The summed E-state index contributed by atoms with van der Waals surface area (Å²) < 4.78 is 31.1. The third-order valence-corrected chi connectivity index (χ3v) is 3.35. The normalized spacial score (nSPS) is 18.4. The first-order chi connectivity index (χ1) is 9.99. The van der Waals surface area contributed by atoms with E-state index in [0.717, 1.165) is 25.0 Å². The summed E-state index contributed by atoms with van der Waals surface area (Å²) in [6.45, 7) is -0.141. The van der Waals surface area contributed by atoms with Gasteiger partial charge in [0.15, 0.2) is 18.2 Å². The number of piperidine rings is 1. The van der Waals surface area contributed by atoms with Crippen LogP contribution in [0.2, 0.25) is 0 Å². The predicted molar refractivity (Wildman–Crippen MR) is 68.8 cm³/mol. The number of carboxylic acid groups (broad SMARTS) is 1. The van der Waals surface area contributed by atoms with E-state index in [2.05, 4.69) is 0 Å². The van der Waals surface area contributed by atoms with E-state index in [1.165, 1.54) is 4.90 Å². The van der Waals surface area contributed by atoms with Crippen molar-refractivity contribution in [2.24, 2.45) is 0 Å². The Morgan fingerprint density at radius 1 is 1.33 bits per heavy atom. The molecular weight excluding hydrogens is 284 g/mol. The van der Waals surface area contributed by atoms with E-state index < -0.39 is 36.2 Å². The lowest BCUT2D eigenvalue weighted by atomic mass is 10.0. The van der Waals surface area contributed by atoms with E-state index in [4.69, 9.17) is 9.84 Å². The van der Waals surface area contributed by atoms with Crippen LogP contribution in [0.15, 0.2) is 18.2 Å². The van der Waals surface area contributed by atoms with Gasteiger partial charge >= 0.3 is 5.97 Å². The van der Waals surface area contributed by atoms with Crippen molar-refractivity contribution < 1.29 is 28.2 Å². The molecule has 0 unspecified atom stereocenters. The molecule has 1 fully saturated rings. The molecule has 0 spiro atoms. The van der Waals surface area contributed by atoms with Gasteiger partial charge in [-0.05, 0) is 31.4 Å². The van der Waals surface area contributed by atoms with Crippen molar-refractivity contribution in [1.82, 2.24) is 4.90 Å². The molecule has 114 valence electrons. The topological polar surface area (TPSA) is 66.8 Å². The molecule has 2 rings (SSSR count). The average Bonchev–Trinajstić information content (AvgIpc) is 2.46. The zero-order valence-electron chi connectivity index (χ0n) is 11.2. The largest absolute Gasteiger partial charge is 0.481 e. The summed E-state index contributed by atoms with van der Waals surface area (Å²) in [5.74, 6) is -3.47. The maximum absolute atomic E-state index is 13.4. The van der Waals surface area contributed by atoms with Gasteiger partial charge in [-0.2, -0.15) is 0 Å². The molecule has 21 heavy (non-hydrogen) atoms. The fraction of sp³-hybridized carbons (Fsp3) is 0.429. The maximum atomic E-state index is 13.4. The predicted octanol–water partition coefficient (Wildman–Crippen LogP) is 1.81. The van der Waals surface area contributed by atoms with E-state index in [0.29, 0.717) is 19.0 Å². The van der Waals surface area contributed by atoms with Gasteiger partial charge in [-0.25, -0.2) is 13.6 Å². The number of aliphatic carboxylic acids is 1. The van der Waals surface area contributed by atoms with E-state index in [9.17, 15) is 18.4 Å². The number of carbonyl (C=O) groups excluding carboxylic acids is 1. The Kier molecular flexibility index (Phi) is 4.72. The zero-order valence-corrected chi connectivity index (χ0v) is 11.2. The summed E-state index contributed by atoms with van der Waals surface area (Å²) in [7, 11) is 0. The number of nitrogens with zero attached hydrogens (tertiary/aromatic N) is 1. The zero-order chi connectivity index (χ0) is 15.4. The molecule has 1 aliphatic heterocycles. The molecule has 1 amide bonds. The highest BCUT2D eigenvalue weighted by atomic mass is 19.1. The highest BCUT2D eigenvalue weighted by Crippen LogP contribution is 2.20. The molecule has 0 aliphatic carbocycles. The Hall–Kier alpha value is -2.18. The van der Waals surface area contributed by atoms with Crippen molar-refractivity contribution in [3.63, 3.8) is 0 Å². The van der Waals surface area contributed by atoms with Gasteiger partial charge in [0, 0.05) is 12.6 Å². The monoisotopic (exact) mass is 299 g/mol. The van der Waals surface area contributed by atoms with Gasteiger partial charge in [-0.3, -0.25) is 4.79 Å². The molecule has 7 heteroatoms. The summed E-state index contributed by atoms with van der Waals surface area (Å²) in [6.07, 6.45) is 1.86. The Balaban J connectivity index is 1.98. The van der Waals surface area contributed by atoms with Crippen molar-refractivity contribution in [1.29, 1.82) is 0 Å². The Morgan fingerprint density at radius 2 is 2.10 bits per heavy atom. The van der Waals surface area contributed by atoms with Gasteiger partial charge in [-0.1, -0.05) is 0 Å². The van der Waals surface area contributed by atoms with Gasteiger partial charge in [0.05, 0.1) is 0 Å². The lowest BCUT2D eigenvalue weighted by Gasteiger charge is -2.32. The molecule has 1 saturated heterocycles. The summed E-state index contributed by atoms with van der Waals surface area (Å²) in [5.41, 5.74) is 0. The number of rotatable bonds is 4. The van der Waals surface area contributed by atoms with Gasteiger partial charge < -0.3 is 14.7 Å². The molecule has 0 aromatic heterocycles. The van der Waals surface area contributed by atoms with Crippen LogP contribution in [0.5, 0.6) is 5.75 Å². The van der Waals surface area contributed by atoms with Crippen LogP contribution in [0.4, 0.5) is 8.78 Å². The standard InChI is InChI=1S/C14H15F2NO4/c15-9-4-5-12(10(16)7-9)21-8-13(18)17-6-2-1-3-11(17)14(19)20/h4-5,7,11H,1-3,6,8H2,(H,19,20)/t11-/m1/s1. The van der Waals surface area contributed by atoms with Crippen LogP contribution in [-0.4, -0.2) is 41.1 Å². The second-order valence-electron chi connectivity index (χ2n) is 4.80. The third kappa shape index (κ3) is 3.68. The first-order valence-electron chi connectivity index (χ1n) is 6.59. The number of benzene rings is 1. The van der Waals surface area contributed by atoms with Crippen molar-refractivity contribution >= 4 is 11.9 Å². The Bertz CT molecular complexity index is 550. The fourth-order valence-electron chi connectivity index (χ4n) is 2.30. The van der Waals surface area contributed by atoms with Crippen molar-refractivity contribution in [3.05, 3.63) is 29.8 Å². The molecule has 1 heterocycles. The Labute approximate surface area is 120 Å². The first-order valence-corrected chi connectivity index (χ1v) is 6.59. The van der Waals surface area contributed by atoms with Crippen LogP contribution < -0.4 is 4.74 Å². The molecule has 0 radical (unpaired) electrons. The van der Waals surface area contributed by atoms with Crippen molar-refractivity contribution in [3.8, 4) is 5.75 Å². The van der Waals surface area contributed by atoms with Gasteiger partial charge in [0.25, 0.3) is 5.91 Å². The third-order valence-electron chi connectivity index (χ3n) is 3.35. The molecule has 1 aromatic rings. The number of carboxylic acids is 1. The van der Waals surface area contributed by atoms with Gasteiger partial charge in [0.2, 0.25) is 0 Å². The van der Waals surface area contributed by atoms with Crippen LogP contribution in [0, 0.1) is 11.6 Å². The molecule has 1 aliphatic rings. The summed E-state index contributed by atoms with van der Waals surface area (Å²) in [6, 6.07) is 1.89.